The molecule has 1 atom stereocenters. The molecule has 0 radical (unpaired) electrons. The predicted molar refractivity (Wildman–Crippen MR) is 59.7 cm³/mol. The summed E-state index contributed by atoms with van der Waals surface area (Å²) < 4.78 is 5.43. The minimum absolute atomic E-state index is 0. The van der Waals surface area contributed by atoms with Crippen LogP contribution < -0.4 is 5.73 Å². The second kappa shape index (κ2) is 4.78. The molecule has 1 aliphatic rings. The highest BCUT2D eigenvalue weighted by Gasteiger charge is 2.18. The average Bonchev–Trinajstić information content (AvgIpc) is 2.18. The van der Waals surface area contributed by atoms with Gasteiger partial charge < -0.3 is 10.5 Å². The summed E-state index contributed by atoms with van der Waals surface area (Å²) in [4.78, 5) is 0. The minimum Gasteiger partial charge on any atom is -0.375 e. The first-order chi connectivity index (χ1) is 6.33. The quantitative estimate of drug-likeness (QED) is 0.777. The van der Waals surface area contributed by atoms with E-state index >= 15 is 0 Å². The van der Waals surface area contributed by atoms with Gasteiger partial charge in [-0.3, -0.25) is 0 Å². The molecular formula is C11H16ClNO. The zero-order valence-electron chi connectivity index (χ0n) is 8.32. The SMILES string of the molecule is CCc1cccc2c1COCC2N.Cl. The third-order valence-corrected chi connectivity index (χ3v) is 2.63. The van der Waals surface area contributed by atoms with Gasteiger partial charge >= 0.3 is 0 Å². The van der Waals surface area contributed by atoms with E-state index in [9.17, 15) is 0 Å². The van der Waals surface area contributed by atoms with Gasteiger partial charge in [0.05, 0.1) is 19.3 Å². The highest BCUT2D eigenvalue weighted by molar-refractivity contribution is 5.85. The van der Waals surface area contributed by atoms with Crippen molar-refractivity contribution in [1.82, 2.24) is 0 Å². The van der Waals surface area contributed by atoms with Crippen molar-refractivity contribution < 1.29 is 4.74 Å². The molecule has 0 aromatic heterocycles. The lowest BCUT2D eigenvalue weighted by molar-refractivity contribution is 0.0917. The second-order valence-electron chi connectivity index (χ2n) is 3.46. The fourth-order valence-corrected chi connectivity index (χ4v) is 1.89. The van der Waals surface area contributed by atoms with Gasteiger partial charge in [-0.25, -0.2) is 0 Å². The van der Waals surface area contributed by atoms with Gasteiger partial charge in [-0.2, -0.15) is 0 Å². The third-order valence-electron chi connectivity index (χ3n) is 2.63. The summed E-state index contributed by atoms with van der Waals surface area (Å²) in [5, 5.41) is 0. The molecule has 0 bridgehead atoms. The van der Waals surface area contributed by atoms with Crippen molar-refractivity contribution in [2.75, 3.05) is 6.61 Å². The van der Waals surface area contributed by atoms with Gasteiger partial charge in [0.15, 0.2) is 0 Å². The van der Waals surface area contributed by atoms with Crippen molar-refractivity contribution in [3.8, 4) is 0 Å². The molecule has 0 spiro atoms. The van der Waals surface area contributed by atoms with Crippen LogP contribution in [0.2, 0.25) is 0 Å². The summed E-state index contributed by atoms with van der Waals surface area (Å²) in [5.41, 5.74) is 9.89. The van der Waals surface area contributed by atoms with Crippen molar-refractivity contribution in [3.63, 3.8) is 0 Å². The summed E-state index contributed by atoms with van der Waals surface area (Å²) in [5.74, 6) is 0. The molecule has 2 N–H and O–H groups in total. The van der Waals surface area contributed by atoms with Crippen LogP contribution in [0.3, 0.4) is 0 Å². The number of fused-ring (bicyclic) bond motifs is 1. The number of ether oxygens (including phenoxy) is 1. The molecule has 0 aliphatic carbocycles. The average molecular weight is 214 g/mol. The van der Waals surface area contributed by atoms with Gasteiger partial charge in [-0.05, 0) is 23.1 Å². The summed E-state index contributed by atoms with van der Waals surface area (Å²) in [6.07, 6.45) is 1.05. The standard InChI is InChI=1S/C11H15NO.ClH/c1-2-8-4-3-5-9-10(8)6-13-7-11(9)12;/h3-5,11H,2,6-7,12H2,1H3;1H. The molecule has 3 heteroatoms. The lowest BCUT2D eigenvalue weighted by Crippen LogP contribution is -2.24. The molecule has 0 fully saturated rings. The number of hydrogen-bond donors (Lipinski definition) is 1. The van der Waals surface area contributed by atoms with E-state index in [2.05, 4.69) is 25.1 Å². The fraction of sp³-hybridized carbons (Fsp3) is 0.455. The Morgan fingerprint density at radius 1 is 1.50 bits per heavy atom. The molecule has 2 rings (SSSR count). The van der Waals surface area contributed by atoms with E-state index in [1.165, 1.54) is 16.7 Å². The van der Waals surface area contributed by atoms with Crippen LogP contribution in [-0.4, -0.2) is 6.61 Å². The fourth-order valence-electron chi connectivity index (χ4n) is 1.89. The maximum atomic E-state index is 5.94. The Balaban J connectivity index is 0.000000980. The van der Waals surface area contributed by atoms with E-state index < -0.39 is 0 Å². The summed E-state index contributed by atoms with van der Waals surface area (Å²) in [7, 11) is 0. The van der Waals surface area contributed by atoms with E-state index in [0.29, 0.717) is 6.61 Å². The molecule has 1 aliphatic heterocycles. The van der Waals surface area contributed by atoms with E-state index in [1.54, 1.807) is 0 Å². The van der Waals surface area contributed by atoms with Crippen molar-refractivity contribution >= 4 is 12.4 Å². The number of benzene rings is 1. The number of halogens is 1. The molecule has 14 heavy (non-hydrogen) atoms. The Hall–Kier alpha value is -0.570. The van der Waals surface area contributed by atoms with Crippen LogP contribution in [0.5, 0.6) is 0 Å². The summed E-state index contributed by atoms with van der Waals surface area (Å²) >= 11 is 0. The Labute approximate surface area is 90.9 Å². The molecule has 1 aromatic rings. The van der Waals surface area contributed by atoms with Gasteiger partial charge in [0.2, 0.25) is 0 Å². The van der Waals surface area contributed by atoms with Crippen molar-refractivity contribution in [1.29, 1.82) is 0 Å². The maximum Gasteiger partial charge on any atom is 0.0723 e. The van der Waals surface area contributed by atoms with Crippen molar-refractivity contribution in [2.24, 2.45) is 5.73 Å². The normalized spacial score (nSPS) is 19.7. The number of hydrogen-bond acceptors (Lipinski definition) is 2. The highest BCUT2D eigenvalue weighted by atomic mass is 35.5. The van der Waals surface area contributed by atoms with E-state index in [0.717, 1.165) is 13.0 Å². The molecule has 1 aromatic carbocycles. The summed E-state index contributed by atoms with van der Waals surface area (Å²) in [6.45, 7) is 3.54. The number of rotatable bonds is 1. The first-order valence-corrected chi connectivity index (χ1v) is 4.77. The first-order valence-electron chi connectivity index (χ1n) is 4.77. The van der Waals surface area contributed by atoms with Crippen LogP contribution in [0.4, 0.5) is 0 Å². The Morgan fingerprint density at radius 3 is 3.00 bits per heavy atom. The van der Waals surface area contributed by atoms with E-state index in [-0.39, 0.29) is 18.4 Å². The van der Waals surface area contributed by atoms with E-state index in [4.69, 9.17) is 10.5 Å². The van der Waals surface area contributed by atoms with Crippen molar-refractivity contribution in [2.45, 2.75) is 26.0 Å². The smallest absolute Gasteiger partial charge is 0.0723 e. The predicted octanol–water partition coefficient (Wildman–Crippen LogP) is 2.20. The third kappa shape index (κ3) is 1.92. The molecule has 0 saturated carbocycles. The monoisotopic (exact) mass is 213 g/mol. The molecule has 1 unspecified atom stereocenters. The molecule has 1 heterocycles. The minimum atomic E-state index is 0. The Morgan fingerprint density at radius 2 is 2.29 bits per heavy atom. The second-order valence-corrected chi connectivity index (χ2v) is 3.46. The van der Waals surface area contributed by atoms with Crippen LogP contribution in [0.25, 0.3) is 0 Å². The van der Waals surface area contributed by atoms with Gasteiger partial charge in [-0.15, -0.1) is 12.4 Å². The zero-order valence-corrected chi connectivity index (χ0v) is 9.14. The van der Waals surface area contributed by atoms with Gasteiger partial charge in [-0.1, -0.05) is 25.1 Å². The van der Waals surface area contributed by atoms with Crippen LogP contribution >= 0.6 is 12.4 Å². The Bertz CT molecular complexity index is 314. The van der Waals surface area contributed by atoms with Crippen LogP contribution in [0, 0.1) is 0 Å². The summed E-state index contributed by atoms with van der Waals surface area (Å²) in [6, 6.07) is 6.42. The van der Waals surface area contributed by atoms with Gasteiger partial charge in [0.25, 0.3) is 0 Å². The zero-order chi connectivity index (χ0) is 9.26. The number of nitrogens with two attached hydrogens (primary N) is 1. The van der Waals surface area contributed by atoms with Gasteiger partial charge in [0.1, 0.15) is 0 Å². The molecule has 78 valence electrons. The first kappa shape index (κ1) is 11.5. The van der Waals surface area contributed by atoms with E-state index in [1.807, 2.05) is 0 Å². The van der Waals surface area contributed by atoms with Crippen LogP contribution in [0.1, 0.15) is 29.7 Å². The lowest BCUT2D eigenvalue weighted by atomic mass is 9.94. The maximum absolute atomic E-state index is 5.94. The van der Waals surface area contributed by atoms with Crippen molar-refractivity contribution in [3.05, 3.63) is 34.9 Å². The topological polar surface area (TPSA) is 35.2 Å². The lowest BCUT2D eigenvalue weighted by Gasteiger charge is -2.24. The van der Waals surface area contributed by atoms with Gasteiger partial charge in [0, 0.05) is 0 Å². The molecule has 0 saturated heterocycles. The van der Waals surface area contributed by atoms with Crippen LogP contribution in [-0.2, 0) is 17.8 Å². The highest BCUT2D eigenvalue weighted by Crippen LogP contribution is 2.25. The van der Waals surface area contributed by atoms with Crippen LogP contribution in [0.15, 0.2) is 18.2 Å². The molecular weight excluding hydrogens is 198 g/mol. The Kier molecular flexibility index (Phi) is 3.93. The molecule has 0 amide bonds. The number of aryl methyl sites for hydroxylation is 1. The largest absolute Gasteiger partial charge is 0.375 e. The molecule has 2 nitrogen and oxygen atoms in total.